The second-order valence-corrected chi connectivity index (χ2v) is 4.96. The molecule has 0 aliphatic carbocycles. The summed E-state index contributed by atoms with van der Waals surface area (Å²) in [5.74, 6) is -0.212. The van der Waals surface area contributed by atoms with Gasteiger partial charge in [0.2, 0.25) is 0 Å². The number of carbonyl (C=O) groups is 1. The molecule has 0 N–H and O–H groups in total. The third-order valence-corrected chi connectivity index (χ3v) is 3.50. The van der Waals surface area contributed by atoms with Crippen LogP contribution in [0, 0.1) is 0 Å². The van der Waals surface area contributed by atoms with E-state index in [0.29, 0.717) is 11.4 Å². The van der Waals surface area contributed by atoms with Crippen LogP contribution in [0.3, 0.4) is 0 Å². The normalized spacial score (nSPS) is 10.3. The Morgan fingerprint density at radius 1 is 1.39 bits per heavy atom. The number of nitrogens with zero attached hydrogens (tertiary/aromatic N) is 1. The highest BCUT2D eigenvalue weighted by atomic mass is 35.5. The van der Waals surface area contributed by atoms with E-state index in [-0.39, 0.29) is 12.6 Å². The first-order chi connectivity index (χ1) is 8.69. The van der Waals surface area contributed by atoms with E-state index in [9.17, 15) is 4.79 Å². The minimum atomic E-state index is -0.212. The van der Waals surface area contributed by atoms with Gasteiger partial charge in [0.05, 0.1) is 5.69 Å². The van der Waals surface area contributed by atoms with Crippen LogP contribution < -0.4 is 0 Å². The van der Waals surface area contributed by atoms with Gasteiger partial charge in [0.1, 0.15) is 11.6 Å². The summed E-state index contributed by atoms with van der Waals surface area (Å²) in [6.07, 6.45) is 0.383. The van der Waals surface area contributed by atoms with Crippen molar-refractivity contribution in [1.29, 1.82) is 0 Å². The number of thiazole rings is 1. The van der Waals surface area contributed by atoms with Crippen LogP contribution in [0.4, 0.5) is 0 Å². The third-order valence-electron chi connectivity index (χ3n) is 2.31. The highest BCUT2D eigenvalue weighted by Gasteiger charge is 2.06. The summed E-state index contributed by atoms with van der Waals surface area (Å²) in [6.45, 7) is 2.00. The van der Waals surface area contributed by atoms with Crippen LogP contribution in [0.15, 0.2) is 29.6 Å². The lowest BCUT2D eigenvalue weighted by Crippen LogP contribution is -2.02. The number of hydrogen-bond acceptors (Lipinski definition) is 4. The molecule has 1 aromatic heterocycles. The van der Waals surface area contributed by atoms with Gasteiger partial charge in [-0.1, -0.05) is 30.7 Å². The number of ether oxygens (including phenoxy) is 1. The zero-order chi connectivity index (χ0) is 13.0. The first-order valence-corrected chi connectivity index (χ1v) is 6.80. The van der Waals surface area contributed by atoms with Crippen molar-refractivity contribution in [2.45, 2.75) is 20.0 Å². The number of esters is 1. The molecule has 1 aromatic carbocycles. The van der Waals surface area contributed by atoms with Crippen LogP contribution in [0.2, 0.25) is 5.02 Å². The molecule has 0 spiro atoms. The number of carbonyl (C=O) groups excluding carboxylic acids is 1. The summed E-state index contributed by atoms with van der Waals surface area (Å²) in [5.41, 5.74) is 1.78. The Labute approximate surface area is 114 Å². The molecule has 5 heteroatoms. The Hall–Kier alpha value is -1.39. The summed E-state index contributed by atoms with van der Waals surface area (Å²) in [5, 5.41) is 3.49. The molecule has 1 heterocycles. The summed E-state index contributed by atoms with van der Waals surface area (Å²) >= 11 is 7.35. The Morgan fingerprint density at radius 2 is 2.11 bits per heavy atom. The molecule has 0 radical (unpaired) electrons. The fourth-order valence-electron chi connectivity index (χ4n) is 1.35. The molecule has 0 aliphatic rings. The summed E-state index contributed by atoms with van der Waals surface area (Å²) < 4.78 is 5.03. The quantitative estimate of drug-likeness (QED) is 0.798. The van der Waals surface area contributed by atoms with Crippen molar-refractivity contribution in [1.82, 2.24) is 4.98 Å². The van der Waals surface area contributed by atoms with Crippen molar-refractivity contribution < 1.29 is 9.53 Å². The molecular weight excluding hydrogens is 270 g/mol. The van der Waals surface area contributed by atoms with Gasteiger partial charge < -0.3 is 4.74 Å². The predicted molar refractivity (Wildman–Crippen MR) is 72.6 cm³/mol. The van der Waals surface area contributed by atoms with Crippen molar-refractivity contribution >= 4 is 28.9 Å². The van der Waals surface area contributed by atoms with E-state index in [0.717, 1.165) is 16.3 Å². The Morgan fingerprint density at radius 3 is 2.78 bits per heavy atom. The van der Waals surface area contributed by atoms with Crippen LogP contribution in [0.1, 0.15) is 19.0 Å². The molecule has 0 amide bonds. The lowest BCUT2D eigenvalue weighted by molar-refractivity contribution is -0.144. The van der Waals surface area contributed by atoms with Gasteiger partial charge in [0.25, 0.3) is 0 Å². The SMILES string of the molecule is CCC(=O)OCc1csc(-c2ccc(Cl)cc2)n1. The van der Waals surface area contributed by atoms with E-state index in [1.807, 2.05) is 29.6 Å². The van der Waals surface area contributed by atoms with E-state index in [4.69, 9.17) is 16.3 Å². The minimum absolute atomic E-state index is 0.212. The van der Waals surface area contributed by atoms with Crippen LogP contribution in [-0.2, 0) is 16.1 Å². The molecule has 0 unspecified atom stereocenters. The van der Waals surface area contributed by atoms with Crippen LogP contribution in [-0.4, -0.2) is 11.0 Å². The second-order valence-electron chi connectivity index (χ2n) is 3.67. The largest absolute Gasteiger partial charge is 0.459 e. The third kappa shape index (κ3) is 3.31. The monoisotopic (exact) mass is 281 g/mol. The molecule has 2 aromatic rings. The van der Waals surface area contributed by atoms with Gasteiger partial charge in [-0.2, -0.15) is 0 Å². The minimum Gasteiger partial charge on any atom is -0.459 e. The maximum Gasteiger partial charge on any atom is 0.305 e. The number of aromatic nitrogens is 1. The molecule has 3 nitrogen and oxygen atoms in total. The van der Waals surface area contributed by atoms with Crippen LogP contribution in [0.25, 0.3) is 10.6 Å². The van der Waals surface area contributed by atoms with E-state index < -0.39 is 0 Å². The van der Waals surface area contributed by atoms with E-state index in [1.165, 1.54) is 11.3 Å². The van der Waals surface area contributed by atoms with Crippen molar-refractivity contribution in [3.63, 3.8) is 0 Å². The van der Waals surface area contributed by atoms with Gasteiger partial charge in [0, 0.05) is 22.4 Å². The molecule has 94 valence electrons. The maximum absolute atomic E-state index is 11.0. The average Bonchev–Trinajstić information content (AvgIpc) is 2.85. The zero-order valence-corrected chi connectivity index (χ0v) is 11.4. The van der Waals surface area contributed by atoms with Crippen molar-refractivity contribution in [2.24, 2.45) is 0 Å². The van der Waals surface area contributed by atoms with Crippen LogP contribution in [0.5, 0.6) is 0 Å². The average molecular weight is 282 g/mol. The van der Waals surface area contributed by atoms with Crippen molar-refractivity contribution in [3.8, 4) is 10.6 Å². The summed E-state index contributed by atoms with van der Waals surface area (Å²) in [4.78, 5) is 15.5. The maximum atomic E-state index is 11.0. The van der Waals surface area contributed by atoms with Crippen LogP contribution >= 0.6 is 22.9 Å². The number of benzene rings is 1. The molecule has 18 heavy (non-hydrogen) atoms. The summed E-state index contributed by atoms with van der Waals surface area (Å²) in [6, 6.07) is 7.50. The van der Waals surface area contributed by atoms with Gasteiger partial charge >= 0.3 is 5.97 Å². The first-order valence-electron chi connectivity index (χ1n) is 5.55. The molecule has 0 bridgehead atoms. The van der Waals surface area contributed by atoms with E-state index >= 15 is 0 Å². The smallest absolute Gasteiger partial charge is 0.305 e. The van der Waals surface area contributed by atoms with Gasteiger partial charge in [-0.05, 0) is 12.1 Å². The summed E-state index contributed by atoms with van der Waals surface area (Å²) in [7, 11) is 0. The standard InChI is InChI=1S/C13H12ClNO2S/c1-2-12(16)17-7-11-8-18-13(15-11)9-3-5-10(14)6-4-9/h3-6,8H,2,7H2,1H3. The Bertz CT molecular complexity index is 536. The highest BCUT2D eigenvalue weighted by Crippen LogP contribution is 2.25. The lowest BCUT2D eigenvalue weighted by Gasteiger charge is -1.99. The number of hydrogen-bond donors (Lipinski definition) is 0. The van der Waals surface area contributed by atoms with Gasteiger partial charge in [0.15, 0.2) is 0 Å². The van der Waals surface area contributed by atoms with E-state index in [1.54, 1.807) is 6.92 Å². The molecule has 2 rings (SSSR count). The van der Waals surface area contributed by atoms with Gasteiger partial charge in [-0.3, -0.25) is 4.79 Å². The molecule has 0 saturated carbocycles. The molecule has 0 fully saturated rings. The van der Waals surface area contributed by atoms with Crippen molar-refractivity contribution in [2.75, 3.05) is 0 Å². The Kier molecular flexibility index (Phi) is 4.33. The lowest BCUT2D eigenvalue weighted by atomic mass is 10.2. The number of halogens is 1. The molecular formula is C13H12ClNO2S. The molecule has 0 atom stereocenters. The van der Waals surface area contributed by atoms with Crippen molar-refractivity contribution in [3.05, 3.63) is 40.4 Å². The molecule has 0 saturated heterocycles. The number of rotatable bonds is 4. The fourth-order valence-corrected chi connectivity index (χ4v) is 2.29. The van der Waals surface area contributed by atoms with E-state index in [2.05, 4.69) is 4.98 Å². The topological polar surface area (TPSA) is 39.2 Å². The molecule has 0 aliphatic heterocycles. The van der Waals surface area contributed by atoms with Gasteiger partial charge in [-0.15, -0.1) is 11.3 Å². The highest BCUT2D eigenvalue weighted by molar-refractivity contribution is 7.13. The Balaban J connectivity index is 2.06. The fraction of sp³-hybridized carbons (Fsp3) is 0.231. The predicted octanol–water partition coefficient (Wildman–Crippen LogP) is 3.92. The zero-order valence-electron chi connectivity index (χ0n) is 9.85. The van der Waals surface area contributed by atoms with Gasteiger partial charge in [-0.25, -0.2) is 4.98 Å². The second kappa shape index (κ2) is 5.98. The first kappa shape index (κ1) is 13.1.